The highest BCUT2D eigenvalue weighted by Crippen LogP contribution is 2.44. The molecule has 2 aromatic rings. The van der Waals surface area contributed by atoms with Crippen molar-refractivity contribution in [3.8, 4) is 11.1 Å². The second-order valence-corrected chi connectivity index (χ2v) is 16.8. The second-order valence-electron chi connectivity index (χ2n) is 16.8. The topological polar surface area (TPSA) is 149 Å². The van der Waals surface area contributed by atoms with Crippen LogP contribution in [0, 0.1) is 0 Å². The van der Waals surface area contributed by atoms with Gasteiger partial charge in [-0.3, -0.25) is 0 Å². The van der Waals surface area contributed by atoms with Crippen molar-refractivity contribution in [3.63, 3.8) is 0 Å². The lowest BCUT2D eigenvalue weighted by Gasteiger charge is -2.14. The molecule has 0 unspecified atom stereocenters. The first kappa shape index (κ1) is 60.5. The van der Waals surface area contributed by atoms with E-state index in [0.717, 1.165) is 13.0 Å². The highest BCUT2D eigenvalue weighted by molar-refractivity contribution is 5.79. The van der Waals surface area contributed by atoms with Crippen molar-refractivity contribution < 1.29 is 66.4 Å². The molecule has 0 radical (unpaired) electrons. The summed E-state index contributed by atoms with van der Waals surface area (Å²) in [5, 5.41) is 2.75. The third-order valence-electron chi connectivity index (χ3n) is 11.3. The molecule has 0 aromatic heterocycles. The van der Waals surface area contributed by atoms with Gasteiger partial charge in [0, 0.05) is 19.1 Å². The fraction of sp³-hybridized carbons (Fsp3) is 0.759. The van der Waals surface area contributed by atoms with Crippen molar-refractivity contribution in [3.05, 3.63) is 59.7 Å². The highest BCUT2D eigenvalue weighted by atomic mass is 16.6. The Labute approximate surface area is 415 Å². The minimum atomic E-state index is -0.452. The van der Waals surface area contributed by atoms with Crippen LogP contribution in [0.4, 0.5) is 4.79 Å². The summed E-state index contributed by atoms with van der Waals surface area (Å²) in [5.74, 6) is 0.0353. The van der Waals surface area contributed by atoms with Crippen molar-refractivity contribution in [1.82, 2.24) is 5.32 Å². The average Bonchev–Trinajstić information content (AvgIpc) is 3.69. The Morgan fingerprint density at radius 1 is 0.362 bits per heavy atom. The molecule has 2 aromatic carbocycles. The summed E-state index contributed by atoms with van der Waals surface area (Å²) in [4.78, 5) is 12.3. The molecule has 0 saturated carbocycles. The van der Waals surface area contributed by atoms with E-state index < -0.39 is 6.09 Å². The third kappa shape index (κ3) is 33.5. The Balaban J connectivity index is 0.889. The van der Waals surface area contributed by atoms with E-state index in [1.165, 1.54) is 99.3 Å². The van der Waals surface area contributed by atoms with Gasteiger partial charge in [-0.15, -0.1) is 0 Å². The number of alkyl carbamates (subject to hydrolysis) is 1. The molecule has 0 bridgehead atoms. The smallest absolute Gasteiger partial charge is 0.407 e. The number of nitrogens with one attached hydrogen (secondary N) is 1. The number of unbranched alkanes of at least 4 members (excludes halogenated alkanes) is 12. The molecule has 396 valence electrons. The summed E-state index contributed by atoms with van der Waals surface area (Å²) in [6.07, 6.45) is 17.3. The molecule has 15 heteroatoms. The maximum atomic E-state index is 12.3. The van der Waals surface area contributed by atoms with Gasteiger partial charge in [0.2, 0.25) is 0 Å². The number of rotatable bonds is 52. The SMILES string of the molecule is CCCCCCCCCCCCCCCOCCOCCOCCOCCOCCOCCOCCOCCOCCOCCOCCOCCNC(=O)OCC1c2ccccc2-c2ccccc21. The van der Waals surface area contributed by atoms with Gasteiger partial charge in [-0.25, -0.2) is 4.79 Å². The van der Waals surface area contributed by atoms with E-state index in [1.807, 2.05) is 24.3 Å². The van der Waals surface area contributed by atoms with Crippen LogP contribution in [0.1, 0.15) is 107 Å². The number of hydrogen-bond donors (Lipinski definition) is 1. The number of carbonyl (C=O) groups excluding carboxylic acids is 1. The van der Waals surface area contributed by atoms with Gasteiger partial charge in [-0.05, 0) is 28.7 Å². The molecule has 0 aliphatic heterocycles. The maximum absolute atomic E-state index is 12.3. The molecule has 1 aliphatic carbocycles. The fourth-order valence-electron chi connectivity index (χ4n) is 7.62. The predicted octanol–water partition coefficient (Wildman–Crippen LogP) is 8.82. The molecule has 0 saturated heterocycles. The zero-order chi connectivity index (χ0) is 48.6. The van der Waals surface area contributed by atoms with E-state index >= 15 is 0 Å². The predicted molar refractivity (Wildman–Crippen MR) is 269 cm³/mol. The molecule has 15 nitrogen and oxygen atoms in total. The number of amides is 1. The van der Waals surface area contributed by atoms with Crippen LogP contribution in [0.15, 0.2) is 48.5 Å². The van der Waals surface area contributed by atoms with E-state index in [0.29, 0.717) is 159 Å². The first-order valence-corrected chi connectivity index (χ1v) is 26.3. The van der Waals surface area contributed by atoms with E-state index in [2.05, 4.69) is 36.5 Å². The van der Waals surface area contributed by atoms with Crippen molar-refractivity contribution >= 4 is 6.09 Å². The fourth-order valence-corrected chi connectivity index (χ4v) is 7.62. The molecule has 3 rings (SSSR count). The Bertz CT molecular complexity index is 1390. The van der Waals surface area contributed by atoms with Crippen LogP contribution in [-0.2, 0) is 61.6 Å². The van der Waals surface area contributed by atoms with Gasteiger partial charge in [-0.2, -0.15) is 0 Å². The molecular weight excluding hydrogens is 887 g/mol. The number of benzene rings is 2. The molecule has 1 N–H and O–H groups in total. The molecule has 0 fully saturated rings. The van der Waals surface area contributed by atoms with Gasteiger partial charge in [0.1, 0.15) is 6.61 Å². The van der Waals surface area contributed by atoms with Crippen LogP contribution >= 0.6 is 0 Å². The standard InChI is InChI=1S/C54H91NO14/c1-2-3-4-5-6-7-8-9-10-11-12-13-18-24-57-26-28-59-30-32-61-34-36-63-38-40-65-42-44-67-46-47-68-45-43-66-41-39-64-37-35-62-33-31-60-29-27-58-25-23-55-54(56)69-48-53-51-21-16-14-19-49(51)50-20-15-17-22-52(50)53/h14-17,19-22,53H,2-13,18,23-48H2,1H3,(H,55,56). The lowest BCUT2D eigenvalue weighted by atomic mass is 9.98. The third-order valence-corrected chi connectivity index (χ3v) is 11.3. The molecule has 0 heterocycles. The van der Waals surface area contributed by atoms with Crippen LogP contribution in [0.25, 0.3) is 11.1 Å². The molecular formula is C54H91NO14. The highest BCUT2D eigenvalue weighted by Gasteiger charge is 2.29. The normalized spacial score (nSPS) is 12.2. The number of hydrogen-bond acceptors (Lipinski definition) is 14. The Hall–Kier alpha value is -2.77. The van der Waals surface area contributed by atoms with E-state index in [9.17, 15) is 4.79 Å². The number of carbonyl (C=O) groups is 1. The van der Waals surface area contributed by atoms with Crippen molar-refractivity contribution in [2.45, 2.75) is 96.3 Å². The lowest BCUT2D eigenvalue weighted by molar-refractivity contribution is -0.0283. The molecule has 0 spiro atoms. The van der Waals surface area contributed by atoms with Crippen LogP contribution in [0.3, 0.4) is 0 Å². The summed E-state index contributed by atoms with van der Waals surface area (Å²) in [6, 6.07) is 16.5. The number of fused-ring (bicyclic) bond motifs is 3. The quantitative estimate of drug-likeness (QED) is 0.0630. The summed E-state index contributed by atoms with van der Waals surface area (Å²) in [6.45, 7) is 15.3. The van der Waals surface area contributed by atoms with E-state index in [-0.39, 0.29) is 12.5 Å². The summed E-state index contributed by atoms with van der Waals surface area (Å²) in [7, 11) is 0. The molecule has 1 amide bonds. The Kier molecular flexibility index (Phi) is 40.6. The Morgan fingerprint density at radius 3 is 0.971 bits per heavy atom. The minimum absolute atomic E-state index is 0.0353. The lowest BCUT2D eigenvalue weighted by Crippen LogP contribution is -2.29. The van der Waals surface area contributed by atoms with Crippen LogP contribution in [0.5, 0.6) is 0 Å². The first-order chi connectivity index (χ1) is 34.3. The van der Waals surface area contributed by atoms with Crippen molar-refractivity contribution in [2.75, 3.05) is 172 Å². The largest absolute Gasteiger partial charge is 0.449 e. The summed E-state index contributed by atoms with van der Waals surface area (Å²) >= 11 is 0. The van der Waals surface area contributed by atoms with Crippen molar-refractivity contribution in [1.29, 1.82) is 0 Å². The monoisotopic (exact) mass is 978 g/mol. The van der Waals surface area contributed by atoms with Gasteiger partial charge in [0.15, 0.2) is 0 Å². The summed E-state index contributed by atoms with van der Waals surface area (Å²) in [5.41, 5.74) is 4.77. The van der Waals surface area contributed by atoms with Crippen LogP contribution in [0.2, 0.25) is 0 Å². The zero-order valence-corrected chi connectivity index (χ0v) is 42.5. The minimum Gasteiger partial charge on any atom is -0.449 e. The molecule has 1 aliphatic rings. The van der Waals surface area contributed by atoms with E-state index in [1.54, 1.807) is 0 Å². The van der Waals surface area contributed by atoms with Crippen LogP contribution < -0.4 is 5.32 Å². The van der Waals surface area contributed by atoms with Crippen LogP contribution in [-0.4, -0.2) is 178 Å². The molecule has 69 heavy (non-hydrogen) atoms. The average molecular weight is 978 g/mol. The molecule has 0 atom stereocenters. The van der Waals surface area contributed by atoms with Gasteiger partial charge >= 0.3 is 6.09 Å². The zero-order valence-electron chi connectivity index (χ0n) is 42.5. The first-order valence-electron chi connectivity index (χ1n) is 26.3. The van der Waals surface area contributed by atoms with Crippen molar-refractivity contribution in [2.24, 2.45) is 0 Å². The number of ether oxygens (including phenoxy) is 13. The van der Waals surface area contributed by atoms with Gasteiger partial charge in [0.25, 0.3) is 0 Å². The van der Waals surface area contributed by atoms with Gasteiger partial charge < -0.3 is 66.9 Å². The second kappa shape index (κ2) is 46.3. The maximum Gasteiger partial charge on any atom is 0.407 e. The van der Waals surface area contributed by atoms with Gasteiger partial charge in [-0.1, -0.05) is 133 Å². The van der Waals surface area contributed by atoms with E-state index in [4.69, 9.17) is 61.6 Å². The Morgan fingerprint density at radius 2 is 0.638 bits per heavy atom. The van der Waals surface area contributed by atoms with Gasteiger partial charge in [0.05, 0.1) is 152 Å². The summed E-state index contributed by atoms with van der Waals surface area (Å²) < 4.78 is 72.2.